The van der Waals surface area contributed by atoms with Crippen molar-refractivity contribution >= 4 is 11.8 Å². The number of hydrogen-bond donors (Lipinski definition) is 1. The summed E-state index contributed by atoms with van der Waals surface area (Å²) in [6.45, 7) is 3.83. The van der Waals surface area contributed by atoms with Crippen molar-refractivity contribution in [3.63, 3.8) is 0 Å². The molecular weight excluding hydrogens is 240 g/mol. The highest BCUT2D eigenvalue weighted by Gasteiger charge is 2.17. The van der Waals surface area contributed by atoms with E-state index in [0.29, 0.717) is 11.4 Å². The first-order valence-electron chi connectivity index (χ1n) is 6.00. The van der Waals surface area contributed by atoms with E-state index < -0.39 is 6.09 Å². The second-order valence-corrected chi connectivity index (χ2v) is 4.50. The Balaban J connectivity index is 2.60. The molecule has 4 heteroatoms. The molecule has 0 saturated carbocycles. The van der Waals surface area contributed by atoms with Crippen LogP contribution in [-0.2, 0) is 0 Å². The minimum absolute atomic E-state index is 0.624. The minimum atomic E-state index is -0.996. The van der Waals surface area contributed by atoms with Gasteiger partial charge in [0.1, 0.15) is 0 Å². The zero-order valence-electron chi connectivity index (χ0n) is 11.2. The quantitative estimate of drug-likeness (QED) is 0.895. The third-order valence-corrected chi connectivity index (χ3v) is 3.09. The van der Waals surface area contributed by atoms with Crippen LogP contribution in [0.3, 0.4) is 0 Å². The van der Waals surface area contributed by atoms with Gasteiger partial charge >= 0.3 is 6.09 Å². The standard InChI is InChI=1S/C15H16N2O2/c1-10-4-6-12(7-5-10)13-8-9-16-11(2)14(13)17(3)15(18)19/h4-9H,1-3H3,(H,18,19). The average Bonchev–Trinajstić information content (AvgIpc) is 2.38. The molecule has 1 aromatic carbocycles. The third kappa shape index (κ3) is 2.57. The first kappa shape index (κ1) is 13.1. The van der Waals surface area contributed by atoms with E-state index in [2.05, 4.69) is 4.98 Å². The first-order valence-corrected chi connectivity index (χ1v) is 6.00. The molecule has 0 spiro atoms. The van der Waals surface area contributed by atoms with Gasteiger partial charge in [0, 0.05) is 18.8 Å². The second kappa shape index (κ2) is 5.10. The maximum atomic E-state index is 11.2. The highest BCUT2D eigenvalue weighted by Crippen LogP contribution is 2.32. The number of aromatic nitrogens is 1. The summed E-state index contributed by atoms with van der Waals surface area (Å²) < 4.78 is 0. The number of nitrogens with zero attached hydrogens (tertiary/aromatic N) is 2. The Morgan fingerprint density at radius 1 is 1.16 bits per heavy atom. The number of hydrogen-bond acceptors (Lipinski definition) is 2. The van der Waals surface area contributed by atoms with Crippen molar-refractivity contribution in [3.05, 3.63) is 47.8 Å². The van der Waals surface area contributed by atoms with Crippen LogP contribution in [0.4, 0.5) is 10.5 Å². The van der Waals surface area contributed by atoms with Crippen LogP contribution >= 0.6 is 0 Å². The Kier molecular flexibility index (Phi) is 3.51. The lowest BCUT2D eigenvalue weighted by molar-refractivity contribution is 0.203. The molecule has 0 bridgehead atoms. The largest absolute Gasteiger partial charge is 0.465 e. The molecule has 0 atom stereocenters. The normalized spacial score (nSPS) is 10.3. The second-order valence-electron chi connectivity index (χ2n) is 4.50. The molecule has 0 aliphatic rings. The van der Waals surface area contributed by atoms with E-state index in [1.165, 1.54) is 17.5 Å². The van der Waals surface area contributed by atoms with Crippen molar-refractivity contribution in [2.75, 3.05) is 11.9 Å². The maximum absolute atomic E-state index is 11.2. The zero-order chi connectivity index (χ0) is 14.0. The van der Waals surface area contributed by atoms with E-state index in [-0.39, 0.29) is 0 Å². The molecular formula is C15H16N2O2. The Hall–Kier alpha value is -2.36. The van der Waals surface area contributed by atoms with Gasteiger partial charge in [0.2, 0.25) is 0 Å². The molecule has 0 aliphatic carbocycles. The molecule has 1 aromatic heterocycles. The monoisotopic (exact) mass is 256 g/mol. The Morgan fingerprint density at radius 3 is 2.37 bits per heavy atom. The smallest absolute Gasteiger partial charge is 0.411 e. The van der Waals surface area contributed by atoms with Gasteiger partial charge in [-0.05, 0) is 25.5 Å². The molecule has 1 N–H and O–H groups in total. The summed E-state index contributed by atoms with van der Waals surface area (Å²) in [5.74, 6) is 0. The molecule has 19 heavy (non-hydrogen) atoms. The summed E-state index contributed by atoms with van der Waals surface area (Å²) in [7, 11) is 1.53. The van der Waals surface area contributed by atoms with Crippen molar-refractivity contribution < 1.29 is 9.90 Å². The van der Waals surface area contributed by atoms with Gasteiger partial charge in [0.05, 0.1) is 11.4 Å². The fourth-order valence-electron chi connectivity index (χ4n) is 2.04. The fourth-order valence-corrected chi connectivity index (χ4v) is 2.04. The summed E-state index contributed by atoms with van der Waals surface area (Å²) >= 11 is 0. The average molecular weight is 256 g/mol. The number of anilines is 1. The number of carboxylic acid groups (broad SMARTS) is 1. The van der Waals surface area contributed by atoms with E-state index in [0.717, 1.165) is 11.1 Å². The predicted octanol–water partition coefficient (Wildman–Crippen LogP) is 3.48. The summed E-state index contributed by atoms with van der Waals surface area (Å²) in [6, 6.07) is 9.84. The van der Waals surface area contributed by atoms with Crippen LogP contribution < -0.4 is 4.90 Å². The Bertz CT molecular complexity index is 606. The molecule has 2 aromatic rings. The van der Waals surface area contributed by atoms with Gasteiger partial charge in [-0.3, -0.25) is 9.88 Å². The predicted molar refractivity (Wildman–Crippen MR) is 75.6 cm³/mol. The third-order valence-electron chi connectivity index (χ3n) is 3.09. The van der Waals surface area contributed by atoms with E-state index >= 15 is 0 Å². The number of benzene rings is 1. The number of carbonyl (C=O) groups is 1. The van der Waals surface area contributed by atoms with Gasteiger partial charge in [0.15, 0.2) is 0 Å². The van der Waals surface area contributed by atoms with E-state index in [4.69, 9.17) is 0 Å². The van der Waals surface area contributed by atoms with Crippen LogP contribution in [0.2, 0.25) is 0 Å². The van der Waals surface area contributed by atoms with Crippen LogP contribution in [0.15, 0.2) is 36.5 Å². The topological polar surface area (TPSA) is 53.4 Å². The SMILES string of the molecule is Cc1ccc(-c2ccnc(C)c2N(C)C(=O)O)cc1. The minimum Gasteiger partial charge on any atom is -0.465 e. The van der Waals surface area contributed by atoms with E-state index in [1.807, 2.05) is 44.2 Å². The van der Waals surface area contributed by atoms with Crippen molar-refractivity contribution in [3.8, 4) is 11.1 Å². The summed E-state index contributed by atoms with van der Waals surface area (Å²) in [5.41, 5.74) is 4.35. The van der Waals surface area contributed by atoms with Gasteiger partial charge in [-0.1, -0.05) is 29.8 Å². The van der Waals surface area contributed by atoms with Gasteiger partial charge < -0.3 is 5.11 Å². The molecule has 1 heterocycles. The lowest BCUT2D eigenvalue weighted by atomic mass is 10.0. The van der Waals surface area contributed by atoms with Gasteiger partial charge in [-0.2, -0.15) is 0 Å². The molecule has 2 rings (SSSR count). The fraction of sp³-hybridized carbons (Fsp3) is 0.200. The van der Waals surface area contributed by atoms with Gasteiger partial charge in [0.25, 0.3) is 0 Å². The van der Waals surface area contributed by atoms with Gasteiger partial charge in [-0.25, -0.2) is 4.79 Å². The van der Waals surface area contributed by atoms with Crippen molar-refractivity contribution in [1.82, 2.24) is 4.98 Å². The number of rotatable bonds is 2. The van der Waals surface area contributed by atoms with E-state index in [9.17, 15) is 9.90 Å². The Morgan fingerprint density at radius 2 is 1.79 bits per heavy atom. The maximum Gasteiger partial charge on any atom is 0.411 e. The molecule has 1 amide bonds. The van der Waals surface area contributed by atoms with Crippen LogP contribution in [0.5, 0.6) is 0 Å². The molecule has 0 radical (unpaired) electrons. The summed E-state index contributed by atoms with van der Waals surface area (Å²) in [6.07, 6.45) is 0.702. The molecule has 0 fully saturated rings. The summed E-state index contributed by atoms with van der Waals surface area (Å²) in [4.78, 5) is 16.6. The van der Waals surface area contributed by atoms with Crippen LogP contribution in [0.1, 0.15) is 11.3 Å². The van der Waals surface area contributed by atoms with Gasteiger partial charge in [-0.15, -0.1) is 0 Å². The number of pyridine rings is 1. The molecule has 0 aliphatic heterocycles. The Labute approximate surface area is 112 Å². The first-order chi connectivity index (χ1) is 9.00. The molecule has 0 saturated heterocycles. The van der Waals surface area contributed by atoms with Crippen molar-refractivity contribution in [2.45, 2.75) is 13.8 Å². The highest BCUT2D eigenvalue weighted by molar-refractivity contribution is 5.93. The lowest BCUT2D eigenvalue weighted by Crippen LogP contribution is -2.25. The lowest BCUT2D eigenvalue weighted by Gasteiger charge is -2.19. The summed E-state index contributed by atoms with van der Waals surface area (Å²) in [5, 5.41) is 9.17. The van der Waals surface area contributed by atoms with E-state index in [1.54, 1.807) is 6.20 Å². The van der Waals surface area contributed by atoms with Crippen molar-refractivity contribution in [2.24, 2.45) is 0 Å². The zero-order valence-corrected chi connectivity index (χ0v) is 11.2. The molecule has 98 valence electrons. The molecule has 4 nitrogen and oxygen atoms in total. The highest BCUT2D eigenvalue weighted by atomic mass is 16.4. The van der Waals surface area contributed by atoms with Crippen LogP contribution in [0.25, 0.3) is 11.1 Å². The van der Waals surface area contributed by atoms with Crippen molar-refractivity contribution in [1.29, 1.82) is 0 Å². The molecule has 0 unspecified atom stereocenters. The number of amides is 1. The van der Waals surface area contributed by atoms with Crippen LogP contribution in [0, 0.1) is 13.8 Å². The van der Waals surface area contributed by atoms with Crippen LogP contribution in [-0.4, -0.2) is 23.2 Å². The number of aryl methyl sites for hydroxylation is 2.